The number of nitrogens with zero attached hydrogens (tertiary/aromatic N) is 2. The molecule has 1 aliphatic heterocycles. The van der Waals surface area contributed by atoms with Crippen molar-refractivity contribution in [3.63, 3.8) is 0 Å². The molecule has 1 aromatic carbocycles. The molecular formula is C14H15N3O4. The molecule has 2 rings (SSSR count). The van der Waals surface area contributed by atoms with Gasteiger partial charge in [-0.05, 0) is 18.2 Å². The number of hydrogen-bond acceptors (Lipinski definition) is 5. The number of likely N-dealkylation sites (N-methyl/N-ethyl adjacent to an activating group) is 1. The summed E-state index contributed by atoms with van der Waals surface area (Å²) in [6.45, 7) is 1.13. The van der Waals surface area contributed by atoms with Crippen LogP contribution < -0.4 is 10.2 Å². The van der Waals surface area contributed by atoms with Gasteiger partial charge >= 0.3 is 5.97 Å². The van der Waals surface area contributed by atoms with Crippen LogP contribution in [0.4, 0.5) is 5.69 Å². The van der Waals surface area contributed by atoms with Gasteiger partial charge in [0.15, 0.2) is 0 Å². The average molecular weight is 289 g/mol. The van der Waals surface area contributed by atoms with E-state index in [1.807, 2.05) is 6.07 Å². The van der Waals surface area contributed by atoms with Crippen molar-refractivity contribution in [1.29, 1.82) is 5.26 Å². The average Bonchev–Trinajstić information content (AvgIpc) is 2.53. The van der Waals surface area contributed by atoms with Crippen LogP contribution in [0.1, 0.15) is 15.9 Å². The Morgan fingerprint density at radius 2 is 2.29 bits per heavy atom. The highest BCUT2D eigenvalue weighted by Crippen LogP contribution is 2.25. The van der Waals surface area contributed by atoms with Gasteiger partial charge in [0.05, 0.1) is 30.0 Å². The number of nitrogens with one attached hydrogen (secondary N) is 1. The van der Waals surface area contributed by atoms with Gasteiger partial charge in [-0.3, -0.25) is 4.79 Å². The first kappa shape index (κ1) is 14.8. The Balaban J connectivity index is 2.41. The van der Waals surface area contributed by atoms with Crippen molar-refractivity contribution < 1.29 is 19.4 Å². The molecule has 0 radical (unpaired) electrons. The normalized spacial score (nSPS) is 17.9. The fourth-order valence-corrected chi connectivity index (χ4v) is 2.28. The number of aromatic carboxylic acids is 1. The number of hydrogen-bond donors (Lipinski definition) is 2. The highest BCUT2D eigenvalue weighted by Gasteiger charge is 2.30. The molecular weight excluding hydrogens is 274 g/mol. The van der Waals surface area contributed by atoms with Crippen LogP contribution in [0.2, 0.25) is 0 Å². The third kappa shape index (κ3) is 2.95. The molecule has 2 N–H and O–H groups in total. The molecule has 21 heavy (non-hydrogen) atoms. The summed E-state index contributed by atoms with van der Waals surface area (Å²) >= 11 is 0. The molecule has 1 atom stereocenters. The largest absolute Gasteiger partial charge is 0.478 e. The zero-order valence-corrected chi connectivity index (χ0v) is 11.5. The van der Waals surface area contributed by atoms with E-state index in [0.717, 1.165) is 0 Å². The summed E-state index contributed by atoms with van der Waals surface area (Å²) in [7, 11) is 1.54. The zero-order chi connectivity index (χ0) is 15.4. The number of carbonyl (C=O) groups excluding carboxylic acids is 1. The standard InChI is InChI=1S/C14H15N3O4/c1-16-13(18)12-8-21-5-4-17(12)11-3-2-9(14(19)20)6-10(11)7-15/h2-3,6,12H,4-5,8H2,1H3,(H,16,18)(H,19,20). The number of benzene rings is 1. The van der Waals surface area contributed by atoms with E-state index in [-0.39, 0.29) is 23.6 Å². The Labute approximate surface area is 121 Å². The van der Waals surface area contributed by atoms with E-state index in [9.17, 15) is 14.9 Å². The predicted molar refractivity (Wildman–Crippen MR) is 74.1 cm³/mol. The summed E-state index contributed by atoms with van der Waals surface area (Å²) in [5.41, 5.74) is 0.810. The summed E-state index contributed by atoms with van der Waals surface area (Å²) in [5, 5.41) is 20.8. The van der Waals surface area contributed by atoms with Crippen LogP contribution in [0, 0.1) is 11.3 Å². The lowest BCUT2D eigenvalue weighted by atomic mass is 10.1. The van der Waals surface area contributed by atoms with Gasteiger partial charge < -0.3 is 20.1 Å². The van der Waals surface area contributed by atoms with Crippen LogP contribution in [0.15, 0.2) is 18.2 Å². The van der Waals surface area contributed by atoms with E-state index in [4.69, 9.17) is 9.84 Å². The molecule has 7 nitrogen and oxygen atoms in total. The Bertz CT molecular complexity index is 609. The molecule has 1 fully saturated rings. The van der Waals surface area contributed by atoms with Crippen molar-refractivity contribution in [2.24, 2.45) is 0 Å². The number of carbonyl (C=O) groups is 2. The number of ether oxygens (including phenoxy) is 1. The van der Waals surface area contributed by atoms with E-state index in [1.165, 1.54) is 19.2 Å². The van der Waals surface area contributed by atoms with Crippen LogP contribution in [-0.4, -0.2) is 49.8 Å². The summed E-state index contributed by atoms with van der Waals surface area (Å²) in [5.74, 6) is -1.30. The number of carboxylic acid groups (broad SMARTS) is 1. The van der Waals surface area contributed by atoms with Crippen molar-refractivity contribution in [3.05, 3.63) is 29.3 Å². The summed E-state index contributed by atoms with van der Waals surface area (Å²) in [4.78, 5) is 24.7. The number of carboxylic acids is 1. The van der Waals surface area contributed by atoms with E-state index in [2.05, 4.69) is 5.32 Å². The van der Waals surface area contributed by atoms with E-state index < -0.39 is 12.0 Å². The van der Waals surface area contributed by atoms with Gasteiger partial charge in [-0.25, -0.2) is 4.79 Å². The highest BCUT2D eigenvalue weighted by atomic mass is 16.5. The molecule has 1 aromatic rings. The van der Waals surface area contributed by atoms with E-state index >= 15 is 0 Å². The number of morpholine rings is 1. The van der Waals surface area contributed by atoms with Crippen molar-refractivity contribution >= 4 is 17.6 Å². The lowest BCUT2D eigenvalue weighted by molar-refractivity contribution is -0.124. The fourth-order valence-electron chi connectivity index (χ4n) is 2.28. The summed E-state index contributed by atoms with van der Waals surface area (Å²) in [6.07, 6.45) is 0. The number of anilines is 1. The van der Waals surface area contributed by atoms with Gasteiger partial charge in [-0.2, -0.15) is 5.26 Å². The van der Waals surface area contributed by atoms with Crippen molar-refractivity contribution in [2.75, 3.05) is 31.7 Å². The maximum atomic E-state index is 11.9. The molecule has 0 aromatic heterocycles. The number of nitriles is 1. The monoisotopic (exact) mass is 289 g/mol. The SMILES string of the molecule is CNC(=O)C1COCCN1c1ccc(C(=O)O)cc1C#N. The topological polar surface area (TPSA) is 103 Å². The second kappa shape index (κ2) is 6.24. The maximum absolute atomic E-state index is 11.9. The minimum Gasteiger partial charge on any atom is -0.478 e. The van der Waals surface area contributed by atoms with Crippen LogP contribution in [0.25, 0.3) is 0 Å². The van der Waals surface area contributed by atoms with Crippen LogP contribution in [0.5, 0.6) is 0 Å². The maximum Gasteiger partial charge on any atom is 0.335 e. The highest BCUT2D eigenvalue weighted by molar-refractivity contribution is 5.90. The van der Waals surface area contributed by atoms with Gasteiger partial charge in [0.1, 0.15) is 12.1 Å². The van der Waals surface area contributed by atoms with E-state index in [0.29, 0.717) is 18.8 Å². The Morgan fingerprint density at radius 1 is 1.52 bits per heavy atom. The smallest absolute Gasteiger partial charge is 0.335 e. The van der Waals surface area contributed by atoms with Crippen LogP contribution in [0.3, 0.4) is 0 Å². The molecule has 7 heteroatoms. The molecule has 1 heterocycles. The van der Waals surface area contributed by atoms with Crippen molar-refractivity contribution in [3.8, 4) is 6.07 Å². The summed E-state index contributed by atoms with van der Waals surface area (Å²) in [6, 6.07) is 5.75. The van der Waals surface area contributed by atoms with Crippen LogP contribution in [-0.2, 0) is 9.53 Å². The third-order valence-corrected chi connectivity index (χ3v) is 3.35. The Hall–Kier alpha value is -2.59. The molecule has 0 bridgehead atoms. The molecule has 1 amide bonds. The summed E-state index contributed by atoms with van der Waals surface area (Å²) < 4.78 is 5.31. The lowest BCUT2D eigenvalue weighted by Crippen LogP contribution is -2.53. The molecule has 0 saturated carbocycles. The third-order valence-electron chi connectivity index (χ3n) is 3.35. The molecule has 110 valence electrons. The van der Waals surface area contributed by atoms with E-state index in [1.54, 1.807) is 11.0 Å². The molecule has 1 saturated heterocycles. The number of rotatable bonds is 3. The van der Waals surface area contributed by atoms with Gasteiger partial charge in [0, 0.05) is 13.6 Å². The Morgan fingerprint density at radius 3 is 2.90 bits per heavy atom. The zero-order valence-electron chi connectivity index (χ0n) is 11.5. The van der Waals surface area contributed by atoms with Gasteiger partial charge in [0.25, 0.3) is 0 Å². The van der Waals surface area contributed by atoms with Crippen molar-refractivity contribution in [1.82, 2.24) is 5.32 Å². The second-order valence-corrected chi connectivity index (χ2v) is 4.55. The van der Waals surface area contributed by atoms with Crippen LogP contribution >= 0.6 is 0 Å². The van der Waals surface area contributed by atoms with Gasteiger partial charge in [0.2, 0.25) is 5.91 Å². The minimum absolute atomic E-state index is 0.0417. The first-order chi connectivity index (χ1) is 10.1. The van der Waals surface area contributed by atoms with Gasteiger partial charge in [-0.1, -0.05) is 0 Å². The first-order valence-electron chi connectivity index (χ1n) is 6.42. The molecule has 0 aliphatic carbocycles. The predicted octanol–water partition coefficient (Wildman–Crippen LogP) is 0.208. The number of amides is 1. The first-order valence-corrected chi connectivity index (χ1v) is 6.42. The molecule has 1 aliphatic rings. The molecule has 0 spiro atoms. The second-order valence-electron chi connectivity index (χ2n) is 4.55. The van der Waals surface area contributed by atoms with Gasteiger partial charge in [-0.15, -0.1) is 0 Å². The Kier molecular flexibility index (Phi) is 4.40. The lowest BCUT2D eigenvalue weighted by Gasteiger charge is -2.36. The fraction of sp³-hybridized carbons (Fsp3) is 0.357. The van der Waals surface area contributed by atoms with Crippen molar-refractivity contribution in [2.45, 2.75) is 6.04 Å². The molecule has 1 unspecified atom stereocenters. The quantitative estimate of drug-likeness (QED) is 0.824. The minimum atomic E-state index is -1.09.